The monoisotopic (exact) mass is 385 g/mol. The Morgan fingerprint density at radius 3 is 2.25 bits per heavy atom. The summed E-state index contributed by atoms with van der Waals surface area (Å²) in [5.74, 6) is -2.04. The minimum Gasteiger partial charge on any atom is -0.466 e. The van der Waals surface area contributed by atoms with Crippen LogP contribution in [0, 0.1) is 5.92 Å². The highest BCUT2D eigenvalue weighted by Gasteiger charge is 2.51. The number of carbonyl (C=O) groups excluding carboxylic acids is 3. The minimum absolute atomic E-state index is 0.0796. The second-order valence-electron chi connectivity index (χ2n) is 7.55. The van der Waals surface area contributed by atoms with Crippen LogP contribution >= 0.6 is 0 Å². The van der Waals surface area contributed by atoms with E-state index in [2.05, 4.69) is 0 Å². The van der Waals surface area contributed by atoms with E-state index in [-0.39, 0.29) is 11.3 Å². The van der Waals surface area contributed by atoms with Crippen molar-refractivity contribution in [1.29, 1.82) is 0 Å². The maximum absolute atomic E-state index is 13.1. The summed E-state index contributed by atoms with van der Waals surface area (Å²) < 4.78 is 15.3. The van der Waals surface area contributed by atoms with Crippen LogP contribution in [0.15, 0.2) is 41.6 Å². The van der Waals surface area contributed by atoms with Gasteiger partial charge in [-0.3, -0.25) is 4.90 Å². The molecule has 0 saturated carbocycles. The van der Waals surface area contributed by atoms with Crippen LogP contribution in [0.4, 0.5) is 4.79 Å². The van der Waals surface area contributed by atoms with Gasteiger partial charge < -0.3 is 14.2 Å². The molecule has 0 N–H and O–H groups in total. The summed E-state index contributed by atoms with van der Waals surface area (Å²) in [6.45, 7) is 5.20. The summed E-state index contributed by atoms with van der Waals surface area (Å²) in [4.78, 5) is 39.5. The number of hydrogen-bond acceptors (Lipinski definition) is 6. The number of ether oxygens (including phenoxy) is 3. The molecule has 1 heterocycles. The molecular weight excluding hydrogens is 362 g/mol. The summed E-state index contributed by atoms with van der Waals surface area (Å²) in [6, 6.07) is 6.88. The van der Waals surface area contributed by atoms with Gasteiger partial charge in [0.2, 0.25) is 0 Å². The molecule has 1 aliphatic heterocycles. The zero-order valence-electron chi connectivity index (χ0n) is 16.5. The van der Waals surface area contributed by atoms with Crippen molar-refractivity contribution in [3.05, 3.63) is 52.7 Å². The first kappa shape index (κ1) is 19.7. The third kappa shape index (κ3) is 3.28. The predicted molar refractivity (Wildman–Crippen MR) is 101 cm³/mol. The Morgan fingerprint density at radius 1 is 1.00 bits per heavy atom. The molecule has 0 fully saturated rings. The van der Waals surface area contributed by atoms with Crippen LogP contribution in [0.3, 0.4) is 0 Å². The van der Waals surface area contributed by atoms with Crippen molar-refractivity contribution >= 4 is 24.1 Å². The Hall–Kier alpha value is -3.09. The van der Waals surface area contributed by atoms with Crippen LogP contribution in [0.5, 0.6) is 0 Å². The third-order valence-electron chi connectivity index (χ3n) is 4.62. The molecule has 1 aromatic rings. The van der Waals surface area contributed by atoms with Crippen molar-refractivity contribution in [2.45, 2.75) is 32.4 Å². The minimum atomic E-state index is -0.799. The number of carbonyl (C=O) groups is 3. The highest BCUT2D eigenvalue weighted by atomic mass is 16.6. The molecule has 148 valence electrons. The van der Waals surface area contributed by atoms with Gasteiger partial charge in [-0.1, -0.05) is 36.4 Å². The molecule has 3 rings (SSSR count). The van der Waals surface area contributed by atoms with Gasteiger partial charge in [-0.25, -0.2) is 14.4 Å². The standard InChI is InChI=1S/C21H23NO6/c1-21(2,3)28-20(25)22-16-13-9-7-6-8-12(13)10-11-14(16)15(18(23)26-4)17(22)19(24)27-5/h6-11,14,16H,1-5H3/t14-,16-/m1/s1. The van der Waals surface area contributed by atoms with Crippen molar-refractivity contribution in [3.63, 3.8) is 0 Å². The summed E-state index contributed by atoms with van der Waals surface area (Å²) >= 11 is 0. The fraction of sp³-hybridized carbons (Fsp3) is 0.381. The predicted octanol–water partition coefficient (Wildman–Crippen LogP) is 3.22. The molecule has 28 heavy (non-hydrogen) atoms. The smallest absolute Gasteiger partial charge is 0.415 e. The van der Waals surface area contributed by atoms with Crippen molar-refractivity contribution < 1.29 is 28.6 Å². The van der Waals surface area contributed by atoms with Gasteiger partial charge in [-0.2, -0.15) is 0 Å². The molecule has 0 unspecified atom stereocenters. The summed E-state index contributed by atoms with van der Waals surface area (Å²) in [7, 11) is 2.43. The topological polar surface area (TPSA) is 82.1 Å². The molecule has 7 nitrogen and oxygen atoms in total. The highest BCUT2D eigenvalue weighted by molar-refractivity contribution is 6.04. The number of fused-ring (bicyclic) bond motifs is 3. The lowest BCUT2D eigenvalue weighted by atomic mass is 9.82. The first-order valence-corrected chi connectivity index (χ1v) is 8.89. The summed E-state index contributed by atoms with van der Waals surface area (Å²) in [5.41, 5.74) is 0.844. The van der Waals surface area contributed by atoms with E-state index in [0.717, 1.165) is 11.1 Å². The van der Waals surface area contributed by atoms with Crippen LogP contribution in [0.25, 0.3) is 6.08 Å². The fourth-order valence-electron chi connectivity index (χ4n) is 3.58. The Balaban J connectivity index is 2.22. The van der Waals surface area contributed by atoms with Gasteiger partial charge >= 0.3 is 18.0 Å². The zero-order chi connectivity index (χ0) is 20.6. The molecule has 1 amide bonds. The molecule has 0 bridgehead atoms. The summed E-state index contributed by atoms with van der Waals surface area (Å²) in [5, 5.41) is 0. The highest BCUT2D eigenvalue weighted by Crippen LogP contribution is 2.49. The molecule has 1 aliphatic carbocycles. The van der Waals surface area contributed by atoms with Crippen molar-refractivity contribution in [1.82, 2.24) is 4.90 Å². The second kappa shape index (κ2) is 7.14. The summed E-state index contributed by atoms with van der Waals surface area (Å²) in [6.07, 6.45) is 2.94. The van der Waals surface area contributed by atoms with E-state index in [0.29, 0.717) is 0 Å². The largest absolute Gasteiger partial charge is 0.466 e. The van der Waals surface area contributed by atoms with E-state index in [1.54, 1.807) is 26.8 Å². The Bertz CT molecular complexity index is 892. The van der Waals surface area contributed by atoms with E-state index in [9.17, 15) is 14.4 Å². The number of esters is 2. The number of hydrogen-bond donors (Lipinski definition) is 0. The molecule has 0 saturated heterocycles. The molecule has 1 aromatic carbocycles. The van der Waals surface area contributed by atoms with Gasteiger partial charge in [-0.05, 0) is 31.9 Å². The van der Waals surface area contributed by atoms with Gasteiger partial charge in [0.1, 0.15) is 11.3 Å². The molecule has 0 aromatic heterocycles. The molecule has 0 spiro atoms. The molecule has 2 aliphatic rings. The molecule has 0 radical (unpaired) electrons. The van der Waals surface area contributed by atoms with Gasteiger partial charge in [0.15, 0.2) is 0 Å². The maximum atomic E-state index is 13.1. The van der Waals surface area contributed by atoms with E-state index in [4.69, 9.17) is 14.2 Å². The second-order valence-corrected chi connectivity index (χ2v) is 7.55. The number of methoxy groups -OCH3 is 2. The Morgan fingerprint density at radius 2 is 1.64 bits per heavy atom. The van der Waals surface area contributed by atoms with Crippen LogP contribution in [-0.4, -0.2) is 42.8 Å². The fourth-order valence-corrected chi connectivity index (χ4v) is 3.58. The first-order valence-electron chi connectivity index (χ1n) is 8.89. The quantitative estimate of drug-likeness (QED) is 0.574. The molecule has 7 heteroatoms. The van der Waals surface area contributed by atoms with E-state index in [1.807, 2.05) is 30.3 Å². The number of amides is 1. The van der Waals surface area contributed by atoms with E-state index in [1.165, 1.54) is 19.1 Å². The maximum Gasteiger partial charge on any atom is 0.415 e. The lowest BCUT2D eigenvalue weighted by molar-refractivity contribution is -0.140. The SMILES string of the molecule is COC(=O)C1=C(C(=O)OC)N(C(=O)OC(C)(C)C)[C@@H]2c3ccccc3C=C[C@H]12. The van der Waals surface area contributed by atoms with Crippen LogP contribution < -0.4 is 0 Å². The Kier molecular flexibility index (Phi) is 5.02. The first-order chi connectivity index (χ1) is 13.2. The van der Waals surface area contributed by atoms with Gasteiger partial charge in [-0.15, -0.1) is 0 Å². The van der Waals surface area contributed by atoms with Crippen LogP contribution in [0.2, 0.25) is 0 Å². The van der Waals surface area contributed by atoms with E-state index >= 15 is 0 Å². The average molecular weight is 385 g/mol. The number of rotatable bonds is 2. The zero-order valence-corrected chi connectivity index (χ0v) is 16.5. The molecule has 2 atom stereocenters. The number of benzene rings is 1. The lowest BCUT2D eigenvalue weighted by Gasteiger charge is -2.33. The normalized spacial score (nSPS) is 20.4. The van der Waals surface area contributed by atoms with Gasteiger partial charge in [0.05, 0.1) is 25.8 Å². The van der Waals surface area contributed by atoms with Crippen LogP contribution in [0.1, 0.15) is 37.9 Å². The lowest BCUT2D eigenvalue weighted by Crippen LogP contribution is -2.40. The Labute approximate surface area is 163 Å². The third-order valence-corrected chi connectivity index (χ3v) is 4.62. The number of nitrogens with zero attached hydrogens (tertiary/aromatic N) is 1. The van der Waals surface area contributed by atoms with Gasteiger partial charge in [0, 0.05) is 5.92 Å². The van der Waals surface area contributed by atoms with Crippen LogP contribution in [-0.2, 0) is 23.8 Å². The van der Waals surface area contributed by atoms with Crippen molar-refractivity contribution in [2.75, 3.05) is 14.2 Å². The van der Waals surface area contributed by atoms with Gasteiger partial charge in [0.25, 0.3) is 0 Å². The average Bonchev–Trinajstić information content (AvgIpc) is 3.01. The molecular formula is C21H23NO6. The van der Waals surface area contributed by atoms with Crippen molar-refractivity contribution in [3.8, 4) is 0 Å². The van der Waals surface area contributed by atoms with Crippen molar-refractivity contribution in [2.24, 2.45) is 5.92 Å². The van der Waals surface area contributed by atoms with E-state index < -0.39 is 35.6 Å².